The summed E-state index contributed by atoms with van der Waals surface area (Å²) in [6.07, 6.45) is 0. The number of amides is 1. The zero-order valence-corrected chi connectivity index (χ0v) is 16.2. The first-order chi connectivity index (χ1) is 13.5. The zero-order chi connectivity index (χ0) is 19.7. The van der Waals surface area contributed by atoms with Crippen molar-refractivity contribution in [2.75, 3.05) is 5.32 Å². The van der Waals surface area contributed by atoms with Crippen LogP contribution in [-0.2, 0) is 0 Å². The Balaban J connectivity index is 1.60. The van der Waals surface area contributed by atoms with Crippen molar-refractivity contribution < 1.29 is 4.79 Å². The average molecular weight is 392 g/mol. The maximum absolute atomic E-state index is 12.7. The Hall–Kier alpha value is -3.38. The number of anilines is 1. The molecule has 7 heteroatoms. The highest BCUT2D eigenvalue weighted by atomic mass is 35.5. The number of para-hydroxylation sites is 1. The van der Waals surface area contributed by atoms with E-state index in [1.54, 1.807) is 12.1 Å². The number of aromatic nitrogens is 4. The summed E-state index contributed by atoms with van der Waals surface area (Å²) in [6, 6.07) is 18.8. The normalized spacial score (nSPS) is 10.8. The lowest BCUT2D eigenvalue weighted by Gasteiger charge is -2.06. The molecule has 4 aromatic rings. The van der Waals surface area contributed by atoms with E-state index in [2.05, 4.69) is 20.6 Å². The Morgan fingerprint density at radius 3 is 2.54 bits per heavy atom. The number of benzene rings is 2. The molecule has 0 aliphatic carbocycles. The van der Waals surface area contributed by atoms with Crippen LogP contribution >= 0.6 is 11.6 Å². The number of carbonyl (C=O) groups is 1. The predicted octanol–water partition coefficient (Wildman–Crippen LogP) is 4.78. The number of H-pyrrole nitrogens is 1. The lowest BCUT2D eigenvalue weighted by Crippen LogP contribution is -2.13. The van der Waals surface area contributed by atoms with Crippen molar-refractivity contribution in [2.24, 2.45) is 0 Å². The van der Waals surface area contributed by atoms with Gasteiger partial charge >= 0.3 is 0 Å². The van der Waals surface area contributed by atoms with Gasteiger partial charge in [-0.3, -0.25) is 9.89 Å². The Bertz CT molecular complexity index is 1150. The van der Waals surface area contributed by atoms with E-state index in [1.807, 2.05) is 67.1 Å². The number of carbonyl (C=O) groups excluding carboxylic acids is 1. The summed E-state index contributed by atoms with van der Waals surface area (Å²) in [4.78, 5) is 12.7. The molecule has 0 spiro atoms. The van der Waals surface area contributed by atoms with Crippen LogP contribution in [0, 0.1) is 13.8 Å². The fraction of sp³-hybridized carbons (Fsp3) is 0.0952. The topological polar surface area (TPSA) is 75.6 Å². The highest BCUT2D eigenvalue weighted by Crippen LogP contribution is 2.27. The van der Waals surface area contributed by atoms with Crippen LogP contribution in [0.5, 0.6) is 0 Å². The molecule has 2 heterocycles. The van der Waals surface area contributed by atoms with Crippen LogP contribution in [0.3, 0.4) is 0 Å². The number of nitrogens with one attached hydrogen (secondary N) is 2. The number of hydrogen-bond donors (Lipinski definition) is 2. The van der Waals surface area contributed by atoms with Crippen LogP contribution in [0.25, 0.3) is 16.9 Å². The first kappa shape index (κ1) is 18.0. The van der Waals surface area contributed by atoms with E-state index in [0.29, 0.717) is 22.1 Å². The van der Waals surface area contributed by atoms with E-state index in [4.69, 9.17) is 11.6 Å². The molecule has 2 aromatic heterocycles. The molecule has 0 radical (unpaired) electrons. The maximum Gasteiger partial charge on any atom is 0.273 e. The fourth-order valence-electron chi connectivity index (χ4n) is 3.07. The van der Waals surface area contributed by atoms with E-state index >= 15 is 0 Å². The van der Waals surface area contributed by atoms with Gasteiger partial charge in [0.1, 0.15) is 5.69 Å². The second kappa shape index (κ2) is 7.32. The SMILES string of the molecule is Cc1nn(-c2ccccc2)c(C)c1NC(=O)c1cc(-c2ccccc2Cl)n[nH]1. The quantitative estimate of drug-likeness (QED) is 0.525. The number of halogens is 1. The minimum atomic E-state index is -0.287. The summed E-state index contributed by atoms with van der Waals surface area (Å²) in [5.41, 5.74) is 4.94. The van der Waals surface area contributed by atoms with E-state index in [0.717, 1.165) is 22.6 Å². The lowest BCUT2D eigenvalue weighted by molar-refractivity contribution is 0.102. The Labute approximate surface area is 167 Å². The van der Waals surface area contributed by atoms with E-state index in [-0.39, 0.29) is 5.91 Å². The van der Waals surface area contributed by atoms with Crippen LogP contribution in [0.15, 0.2) is 60.7 Å². The molecule has 0 unspecified atom stereocenters. The van der Waals surface area contributed by atoms with E-state index in [1.165, 1.54) is 0 Å². The van der Waals surface area contributed by atoms with Gasteiger partial charge in [-0.1, -0.05) is 48.0 Å². The van der Waals surface area contributed by atoms with Crippen LogP contribution in [0.4, 0.5) is 5.69 Å². The Morgan fingerprint density at radius 2 is 1.79 bits per heavy atom. The molecular formula is C21H18ClN5O. The molecule has 0 atom stereocenters. The van der Waals surface area contributed by atoms with Gasteiger partial charge < -0.3 is 5.32 Å². The van der Waals surface area contributed by atoms with Gasteiger partial charge in [-0.15, -0.1) is 0 Å². The van der Waals surface area contributed by atoms with Crippen LogP contribution < -0.4 is 5.32 Å². The standard InChI is InChI=1S/C21H18ClN5O/c1-13-20(14(2)27(26-13)15-8-4-3-5-9-15)23-21(28)19-12-18(24-25-19)16-10-6-7-11-17(16)22/h3-12H,1-2H3,(H,23,28)(H,24,25). The minimum absolute atomic E-state index is 0.287. The molecule has 0 saturated heterocycles. The average Bonchev–Trinajstić information content (AvgIpc) is 3.30. The maximum atomic E-state index is 12.7. The predicted molar refractivity (Wildman–Crippen MR) is 110 cm³/mol. The van der Waals surface area contributed by atoms with Crippen molar-refractivity contribution in [2.45, 2.75) is 13.8 Å². The summed E-state index contributed by atoms with van der Waals surface area (Å²) in [5, 5.41) is 15.1. The van der Waals surface area contributed by atoms with Gasteiger partial charge in [0.15, 0.2) is 0 Å². The lowest BCUT2D eigenvalue weighted by atomic mass is 10.1. The van der Waals surface area contributed by atoms with Crippen LogP contribution in [0.1, 0.15) is 21.9 Å². The Kier molecular flexibility index (Phi) is 4.71. The summed E-state index contributed by atoms with van der Waals surface area (Å²) in [5.74, 6) is -0.287. The molecule has 0 saturated carbocycles. The summed E-state index contributed by atoms with van der Waals surface area (Å²) in [6.45, 7) is 3.79. The molecule has 4 rings (SSSR count). The summed E-state index contributed by atoms with van der Waals surface area (Å²) >= 11 is 6.21. The molecule has 28 heavy (non-hydrogen) atoms. The van der Waals surface area contributed by atoms with Crippen molar-refractivity contribution in [3.63, 3.8) is 0 Å². The fourth-order valence-corrected chi connectivity index (χ4v) is 3.30. The number of aromatic amines is 1. The van der Waals surface area contributed by atoms with Gasteiger partial charge in [-0.25, -0.2) is 4.68 Å². The summed E-state index contributed by atoms with van der Waals surface area (Å²) < 4.78 is 1.81. The molecule has 2 N–H and O–H groups in total. The van der Waals surface area contributed by atoms with Crippen molar-refractivity contribution in [3.8, 4) is 16.9 Å². The molecule has 2 aromatic carbocycles. The van der Waals surface area contributed by atoms with Crippen molar-refractivity contribution >= 4 is 23.2 Å². The summed E-state index contributed by atoms with van der Waals surface area (Å²) in [7, 11) is 0. The highest BCUT2D eigenvalue weighted by molar-refractivity contribution is 6.33. The zero-order valence-electron chi connectivity index (χ0n) is 15.4. The largest absolute Gasteiger partial charge is 0.317 e. The first-order valence-corrected chi connectivity index (χ1v) is 9.15. The van der Waals surface area contributed by atoms with Crippen LogP contribution in [-0.4, -0.2) is 25.9 Å². The second-order valence-electron chi connectivity index (χ2n) is 6.39. The highest BCUT2D eigenvalue weighted by Gasteiger charge is 2.18. The van der Waals surface area contributed by atoms with Gasteiger partial charge in [0.25, 0.3) is 5.91 Å². The van der Waals surface area contributed by atoms with Crippen molar-refractivity contribution in [3.05, 3.63) is 82.8 Å². The monoisotopic (exact) mass is 391 g/mol. The molecular weight excluding hydrogens is 374 g/mol. The third-order valence-corrected chi connectivity index (χ3v) is 4.83. The Morgan fingerprint density at radius 1 is 1.07 bits per heavy atom. The number of rotatable bonds is 4. The third-order valence-electron chi connectivity index (χ3n) is 4.50. The van der Waals surface area contributed by atoms with Gasteiger partial charge in [0.05, 0.1) is 33.5 Å². The van der Waals surface area contributed by atoms with Crippen LogP contribution in [0.2, 0.25) is 5.02 Å². The van der Waals surface area contributed by atoms with Crippen molar-refractivity contribution in [1.29, 1.82) is 0 Å². The molecule has 0 aliphatic rings. The van der Waals surface area contributed by atoms with Gasteiger partial charge in [-0.05, 0) is 38.1 Å². The van der Waals surface area contributed by atoms with E-state index in [9.17, 15) is 4.79 Å². The minimum Gasteiger partial charge on any atom is -0.317 e. The number of nitrogens with zero attached hydrogens (tertiary/aromatic N) is 3. The molecule has 140 valence electrons. The first-order valence-electron chi connectivity index (χ1n) is 8.78. The second-order valence-corrected chi connectivity index (χ2v) is 6.80. The number of hydrogen-bond acceptors (Lipinski definition) is 3. The van der Waals surface area contributed by atoms with Gasteiger partial charge in [-0.2, -0.15) is 10.2 Å². The number of aryl methyl sites for hydroxylation is 1. The van der Waals surface area contributed by atoms with Gasteiger partial charge in [0, 0.05) is 5.56 Å². The van der Waals surface area contributed by atoms with Gasteiger partial charge in [0.2, 0.25) is 0 Å². The van der Waals surface area contributed by atoms with Crippen molar-refractivity contribution in [1.82, 2.24) is 20.0 Å². The molecule has 1 amide bonds. The molecule has 6 nitrogen and oxygen atoms in total. The van der Waals surface area contributed by atoms with E-state index < -0.39 is 0 Å². The smallest absolute Gasteiger partial charge is 0.273 e. The molecule has 0 aliphatic heterocycles. The molecule has 0 fully saturated rings. The third kappa shape index (κ3) is 3.30. The molecule has 0 bridgehead atoms.